The van der Waals surface area contributed by atoms with Gasteiger partial charge in [-0.1, -0.05) is 6.07 Å². The molecule has 0 fully saturated rings. The van der Waals surface area contributed by atoms with Crippen molar-refractivity contribution in [3.63, 3.8) is 0 Å². The van der Waals surface area contributed by atoms with Gasteiger partial charge in [-0.05, 0) is 28.0 Å². The quantitative estimate of drug-likeness (QED) is 0.679. The van der Waals surface area contributed by atoms with Gasteiger partial charge in [-0.25, -0.2) is 9.61 Å². The van der Waals surface area contributed by atoms with Crippen molar-refractivity contribution in [1.29, 1.82) is 0 Å². The monoisotopic (exact) mass is 241 g/mol. The summed E-state index contributed by atoms with van der Waals surface area (Å²) in [5.41, 5.74) is 2.78. The predicted molar refractivity (Wildman–Crippen MR) is 65.1 cm³/mol. The summed E-state index contributed by atoms with van der Waals surface area (Å²) in [7, 11) is 0. The molecule has 2 aromatic heterocycles. The lowest BCUT2D eigenvalue weighted by molar-refractivity contribution is 0.315. The van der Waals surface area contributed by atoms with Crippen LogP contribution < -0.4 is 4.90 Å². The third-order valence-corrected chi connectivity index (χ3v) is 3.28. The van der Waals surface area contributed by atoms with Gasteiger partial charge in [-0.2, -0.15) is 0 Å². The number of benzene rings is 1. The highest BCUT2D eigenvalue weighted by Crippen LogP contribution is 2.21. The molecular weight excluding hydrogens is 230 g/mol. The number of nitrogens with zero attached hydrogens (tertiary/aromatic N) is 5. The van der Waals surface area contributed by atoms with Gasteiger partial charge in [-0.3, -0.25) is 0 Å². The molecule has 6 heteroatoms. The van der Waals surface area contributed by atoms with E-state index in [1.165, 1.54) is 5.56 Å². The maximum atomic E-state index is 4.70. The van der Waals surface area contributed by atoms with Crippen molar-refractivity contribution in [1.82, 2.24) is 19.9 Å². The zero-order valence-electron chi connectivity index (χ0n) is 9.65. The van der Waals surface area contributed by atoms with E-state index in [9.17, 15) is 0 Å². The van der Waals surface area contributed by atoms with Gasteiger partial charge in [0.2, 0.25) is 5.95 Å². The Kier molecular flexibility index (Phi) is 1.91. The summed E-state index contributed by atoms with van der Waals surface area (Å²) in [6.45, 7) is 2.83. The standard InChI is InChI=1S/C12H11N5O/c1-2-10-11(15-18-14-10)7-9(1)8-17-6-5-16-4-3-13-12(16)17/h1-4,7H,5-6,8H2. The van der Waals surface area contributed by atoms with Crippen molar-refractivity contribution in [2.24, 2.45) is 0 Å². The van der Waals surface area contributed by atoms with Crippen molar-refractivity contribution in [2.75, 3.05) is 11.4 Å². The molecule has 0 saturated heterocycles. The lowest BCUT2D eigenvalue weighted by Crippen LogP contribution is -2.20. The molecule has 3 aromatic rings. The molecule has 0 radical (unpaired) electrons. The first kappa shape index (κ1) is 9.64. The number of hydrogen-bond donors (Lipinski definition) is 0. The van der Waals surface area contributed by atoms with Crippen LogP contribution >= 0.6 is 0 Å². The molecule has 6 nitrogen and oxygen atoms in total. The minimum atomic E-state index is 0.793. The Hall–Kier alpha value is -2.37. The summed E-state index contributed by atoms with van der Waals surface area (Å²) in [5, 5.41) is 7.67. The Balaban J connectivity index is 1.65. The van der Waals surface area contributed by atoms with E-state index < -0.39 is 0 Å². The molecule has 3 heterocycles. The van der Waals surface area contributed by atoms with Crippen LogP contribution in [0.5, 0.6) is 0 Å². The van der Waals surface area contributed by atoms with E-state index in [0.29, 0.717) is 0 Å². The molecule has 0 atom stereocenters. The number of aromatic nitrogens is 4. The maximum Gasteiger partial charge on any atom is 0.205 e. The van der Waals surface area contributed by atoms with Crippen molar-refractivity contribution in [3.05, 3.63) is 36.2 Å². The molecule has 4 rings (SSSR count). The Morgan fingerprint density at radius 2 is 2.11 bits per heavy atom. The van der Waals surface area contributed by atoms with Gasteiger partial charge in [0.15, 0.2) is 0 Å². The molecule has 1 aliphatic rings. The lowest BCUT2D eigenvalue weighted by atomic mass is 10.2. The van der Waals surface area contributed by atoms with E-state index in [4.69, 9.17) is 4.63 Å². The van der Waals surface area contributed by atoms with E-state index in [1.807, 2.05) is 24.5 Å². The molecule has 0 bridgehead atoms. The summed E-state index contributed by atoms with van der Waals surface area (Å²) in [5.74, 6) is 1.04. The molecule has 0 N–H and O–H groups in total. The summed E-state index contributed by atoms with van der Waals surface area (Å²) in [4.78, 5) is 6.63. The van der Waals surface area contributed by atoms with Crippen molar-refractivity contribution >= 4 is 17.0 Å². The fraction of sp³-hybridized carbons (Fsp3) is 0.250. The fourth-order valence-electron chi connectivity index (χ4n) is 2.38. The SMILES string of the molecule is c1cn2c(n1)N(Cc1ccc3nonc3c1)CC2. The Morgan fingerprint density at radius 3 is 3.11 bits per heavy atom. The second kappa shape index (κ2) is 3.56. The highest BCUT2D eigenvalue weighted by molar-refractivity contribution is 5.73. The Labute approximate surface area is 103 Å². The van der Waals surface area contributed by atoms with Crippen molar-refractivity contribution < 1.29 is 4.63 Å². The minimum Gasteiger partial charge on any atom is -0.336 e. The van der Waals surface area contributed by atoms with Crippen molar-refractivity contribution in [2.45, 2.75) is 13.1 Å². The lowest BCUT2D eigenvalue weighted by Gasteiger charge is -2.15. The molecule has 18 heavy (non-hydrogen) atoms. The first-order valence-corrected chi connectivity index (χ1v) is 5.87. The average Bonchev–Trinajstić information content (AvgIpc) is 3.06. The molecular formula is C12H11N5O. The summed E-state index contributed by atoms with van der Waals surface area (Å²) in [6, 6.07) is 6.00. The van der Waals surface area contributed by atoms with Crippen LogP contribution in [-0.2, 0) is 13.1 Å². The second-order valence-electron chi connectivity index (χ2n) is 4.43. The second-order valence-corrected chi connectivity index (χ2v) is 4.43. The number of fused-ring (bicyclic) bond motifs is 2. The average molecular weight is 241 g/mol. The molecule has 0 amide bonds. The fourth-order valence-corrected chi connectivity index (χ4v) is 2.38. The van der Waals surface area contributed by atoms with E-state index in [2.05, 4.69) is 30.8 Å². The van der Waals surface area contributed by atoms with Crippen LogP contribution in [-0.4, -0.2) is 26.4 Å². The van der Waals surface area contributed by atoms with Crippen LogP contribution in [0.25, 0.3) is 11.0 Å². The maximum absolute atomic E-state index is 4.70. The molecule has 0 unspecified atom stereocenters. The Morgan fingerprint density at radius 1 is 1.17 bits per heavy atom. The summed E-state index contributed by atoms with van der Waals surface area (Å²) in [6.07, 6.45) is 3.85. The molecule has 1 aromatic carbocycles. The van der Waals surface area contributed by atoms with Crippen LogP contribution in [0, 0.1) is 0 Å². The van der Waals surface area contributed by atoms with Gasteiger partial charge in [-0.15, -0.1) is 0 Å². The number of anilines is 1. The predicted octanol–water partition coefficient (Wildman–Crippen LogP) is 1.44. The van der Waals surface area contributed by atoms with E-state index in [1.54, 1.807) is 0 Å². The zero-order valence-corrected chi connectivity index (χ0v) is 9.65. The molecule has 0 aliphatic carbocycles. The zero-order chi connectivity index (χ0) is 11.9. The minimum absolute atomic E-state index is 0.793. The van der Waals surface area contributed by atoms with Crippen LogP contribution in [0.1, 0.15) is 5.56 Å². The van der Waals surface area contributed by atoms with Gasteiger partial charge < -0.3 is 9.47 Å². The van der Waals surface area contributed by atoms with E-state index >= 15 is 0 Å². The smallest absolute Gasteiger partial charge is 0.205 e. The van der Waals surface area contributed by atoms with Gasteiger partial charge in [0.1, 0.15) is 11.0 Å². The van der Waals surface area contributed by atoms with Gasteiger partial charge >= 0.3 is 0 Å². The highest BCUT2D eigenvalue weighted by atomic mass is 16.6. The van der Waals surface area contributed by atoms with Gasteiger partial charge in [0.05, 0.1) is 0 Å². The van der Waals surface area contributed by atoms with E-state index in [0.717, 1.165) is 36.6 Å². The van der Waals surface area contributed by atoms with Gasteiger partial charge in [0.25, 0.3) is 0 Å². The summed E-state index contributed by atoms with van der Waals surface area (Å²) >= 11 is 0. The third-order valence-electron chi connectivity index (χ3n) is 3.28. The van der Waals surface area contributed by atoms with Crippen LogP contribution in [0.3, 0.4) is 0 Å². The highest BCUT2D eigenvalue weighted by Gasteiger charge is 2.19. The number of rotatable bonds is 2. The normalized spacial score (nSPS) is 14.3. The first-order chi connectivity index (χ1) is 8.90. The van der Waals surface area contributed by atoms with Gasteiger partial charge in [0, 0.05) is 32.0 Å². The van der Waals surface area contributed by atoms with E-state index in [-0.39, 0.29) is 0 Å². The first-order valence-electron chi connectivity index (χ1n) is 5.87. The molecule has 0 saturated carbocycles. The molecule has 1 aliphatic heterocycles. The molecule has 0 spiro atoms. The van der Waals surface area contributed by atoms with Crippen LogP contribution in [0.15, 0.2) is 35.2 Å². The van der Waals surface area contributed by atoms with Crippen molar-refractivity contribution in [3.8, 4) is 0 Å². The van der Waals surface area contributed by atoms with Crippen LogP contribution in [0.4, 0.5) is 5.95 Å². The summed E-state index contributed by atoms with van der Waals surface area (Å²) < 4.78 is 6.87. The Bertz CT molecular complexity index is 701. The molecule has 90 valence electrons. The topological polar surface area (TPSA) is 60.0 Å². The third kappa shape index (κ3) is 1.38. The number of hydrogen-bond acceptors (Lipinski definition) is 5. The van der Waals surface area contributed by atoms with Crippen LogP contribution in [0.2, 0.25) is 0 Å². The number of imidazole rings is 1. The largest absolute Gasteiger partial charge is 0.336 e.